The summed E-state index contributed by atoms with van der Waals surface area (Å²) in [5.41, 5.74) is 2.65. The molecule has 2 aliphatic rings. The minimum Gasteiger partial charge on any atom is -0.370 e. The lowest BCUT2D eigenvalue weighted by Crippen LogP contribution is -2.25. The van der Waals surface area contributed by atoms with Crippen molar-refractivity contribution in [2.75, 3.05) is 31.1 Å². The van der Waals surface area contributed by atoms with Crippen molar-refractivity contribution < 1.29 is 0 Å². The van der Waals surface area contributed by atoms with E-state index in [9.17, 15) is 0 Å². The number of nitrogens with zero attached hydrogens (tertiary/aromatic N) is 2. The van der Waals surface area contributed by atoms with Gasteiger partial charge in [-0.05, 0) is 29.9 Å². The van der Waals surface area contributed by atoms with E-state index in [2.05, 4.69) is 28.2 Å². The maximum absolute atomic E-state index is 4.34. The third-order valence-electron chi connectivity index (χ3n) is 3.94. The van der Waals surface area contributed by atoms with E-state index < -0.39 is 0 Å². The van der Waals surface area contributed by atoms with E-state index in [1.807, 2.05) is 12.4 Å². The van der Waals surface area contributed by atoms with Crippen LogP contribution in [0.25, 0.3) is 0 Å². The molecule has 3 heteroatoms. The molecule has 0 amide bonds. The molecule has 2 saturated heterocycles. The molecule has 2 fully saturated rings. The van der Waals surface area contributed by atoms with Crippen LogP contribution in [-0.4, -0.2) is 31.2 Å². The van der Waals surface area contributed by atoms with Gasteiger partial charge in [-0.15, -0.1) is 0 Å². The summed E-state index contributed by atoms with van der Waals surface area (Å²) in [6.45, 7) is 6.98. The van der Waals surface area contributed by atoms with Crippen molar-refractivity contribution in [1.82, 2.24) is 10.3 Å². The predicted molar refractivity (Wildman–Crippen MR) is 65.7 cm³/mol. The molecule has 3 nitrogen and oxygen atoms in total. The topological polar surface area (TPSA) is 28.2 Å². The fraction of sp³-hybridized carbons (Fsp3) is 0.615. The van der Waals surface area contributed by atoms with Gasteiger partial charge in [-0.3, -0.25) is 4.98 Å². The van der Waals surface area contributed by atoms with Crippen molar-refractivity contribution in [2.45, 2.75) is 13.3 Å². The summed E-state index contributed by atoms with van der Waals surface area (Å²) in [7, 11) is 0. The van der Waals surface area contributed by atoms with Crippen LogP contribution in [0.4, 0.5) is 5.69 Å². The molecule has 1 aromatic rings. The smallest absolute Gasteiger partial charge is 0.0555 e. The maximum Gasteiger partial charge on any atom is 0.0555 e. The van der Waals surface area contributed by atoms with Crippen molar-refractivity contribution in [2.24, 2.45) is 11.8 Å². The van der Waals surface area contributed by atoms with Gasteiger partial charge in [0.25, 0.3) is 0 Å². The Morgan fingerprint density at radius 2 is 2.06 bits per heavy atom. The van der Waals surface area contributed by atoms with E-state index in [4.69, 9.17) is 0 Å². The number of anilines is 1. The van der Waals surface area contributed by atoms with Gasteiger partial charge in [-0.2, -0.15) is 0 Å². The molecular weight excluding hydrogens is 198 g/mol. The van der Waals surface area contributed by atoms with Crippen LogP contribution in [0.1, 0.15) is 12.5 Å². The summed E-state index contributed by atoms with van der Waals surface area (Å²) in [5, 5.41) is 3.48. The molecule has 3 rings (SSSR count). The van der Waals surface area contributed by atoms with Crippen LogP contribution in [0, 0.1) is 11.8 Å². The van der Waals surface area contributed by atoms with E-state index in [-0.39, 0.29) is 0 Å². The predicted octanol–water partition coefficient (Wildman–Crippen LogP) is 1.30. The van der Waals surface area contributed by atoms with E-state index in [1.165, 1.54) is 37.4 Å². The molecule has 0 aromatic carbocycles. The largest absolute Gasteiger partial charge is 0.370 e. The van der Waals surface area contributed by atoms with Gasteiger partial charge >= 0.3 is 0 Å². The molecule has 2 unspecified atom stereocenters. The number of nitrogens with one attached hydrogen (secondary N) is 1. The second kappa shape index (κ2) is 4.06. The highest BCUT2D eigenvalue weighted by atomic mass is 15.2. The summed E-state index contributed by atoms with van der Waals surface area (Å²) in [4.78, 5) is 6.84. The summed E-state index contributed by atoms with van der Waals surface area (Å²) in [5.74, 6) is 1.70. The lowest BCUT2D eigenvalue weighted by atomic mass is 10.0. The van der Waals surface area contributed by atoms with E-state index in [1.54, 1.807) is 0 Å². The SMILES string of the molecule is CCc1cncc(N2CC3CNCC3C2)c1. The van der Waals surface area contributed by atoms with Crippen LogP contribution >= 0.6 is 0 Å². The summed E-state index contributed by atoms with van der Waals surface area (Å²) < 4.78 is 0. The first-order valence-corrected chi connectivity index (χ1v) is 6.26. The molecule has 0 spiro atoms. The Balaban J connectivity index is 1.78. The minimum absolute atomic E-state index is 0.852. The number of aryl methyl sites for hydroxylation is 1. The van der Waals surface area contributed by atoms with E-state index in [0.717, 1.165) is 18.3 Å². The number of hydrogen-bond donors (Lipinski definition) is 1. The van der Waals surface area contributed by atoms with Crippen molar-refractivity contribution >= 4 is 5.69 Å². The molecule has 2 aliphatic heterocycles. The third-order valence-corrected chi connectivity index (χ3v) is 3.94. The first kappa shape index (κ1) is 10.1. The number of pyridine rings is 1. The van der Waals surface area contributed by atoms with Gasteiger partial charge in [-0.25, -0.2) is 0 Å². The Morgan fingerprint density at radius 3 is 2.75 bits per heavy atom. The summed E-state index contributed by atoms with van der Waals surface area (Å²) in [6.07, 6.45) is 5.05. The first-order chi connectivity index (χ1) is 7.86. The Labute approximate surface area is 96.9 Å². The lowest BCUT2D eigenvalue weighted by molar-refractivity contribution is 0.533. The summed E-state index contributed by atoms with van der Waals surface area (Å²) in [6, 6.07) is 2.29. The fourth-order valence-corrected chi connectivity index (χ4v) is 2.91. The van der Waals surface area contributed by atoms with Gasteiger partial charge in [0.05, 0.1) is 11.9 Å². The molecule has 0 radical (unpaired) electrons. The average molecular weight is 217 g/mol. The highest BCUT2D eigenvalue weighted by molar-refractivity contribution is 5.47. The van der Waals surface area contributed by atoms with Crippen molar-refractivity contribution in [3.8, 4) is 0 Å². The minimum atomic E-state index is 0.852. The maximum atomic E-state index is 4.34. The molecule has 1 aromatic heterocycles. The van der Waals surface area contributed by atoms with E-state index >= 15 is 0 Å². The molecule has 16 heavy (non-hydrogen) atoms. The van der Waals surface area contributed by atoms with Gasteiger partial charge in [-0.1, -0.05) is 6.92 Å². The number of rotatable bonds is 2. The highest BCUT2D eigenvalue weighted by Crippen LogP contribution is 2.30. The Kier molecular flexibility index (Phi) is 2.56. The van der Waals surface area contributed by atoms with Gasteiger partial charge < -0.3 is 10.2 Å². The van der Waals surface area contributed by atoms with Crippen LogP contribution < -0.4 is 10.2 Å². The zero-order chi connectivity index (χ0) is 11.0. The number of fused-ring (bicyclic) bond motifs is 1. The van der Waals surface area contributed by atoms with Crippen LogP contribution in [0.2, 0.25) is 0 Å². The van der Waals surface area contributed by atoms with Crippen molar-refractivity contribution in [3.05, 3.63) is 24.0 Å². The van der Waals surface area contributed by atoms with Gasteiger partial charge in [0, 0.05) is 32.4 Å². The molecular formula is C13H19N3. The number of aromatic nitrogens is 1. The molecule has 0 bridgehead atoms. The second-order valence-corrected chi connectivity index (χ2v) is 4.99. The van der Waals surface area contributed by atoms with Crippen LogP contribution in [0.5, 0.6) is 0 Å². The summed E-state index contributed by atoms with van der Waals surface area (Å²) >= 11 is 0. The fourth-order valence-electron chi connectivity index (χ4n) is 2.91. The number of hydrogen-bond acceptors (Lipinski definition) is 3. The third kappa shape index (κ3) is 1.69. The molecule has 86 valence electrons. The van der Waals surface area contributed by atoms with Crippen molar-refractivity contribution in [3.63, 3.8) is 0 Å². The Bertz CT molecular complexity index is 365. The second-order valence-electron chi connectivity index (χ2n) is 4.99. The molecule has 3 heterocycles. The molecule has 0 aliphatic carbocycles. The van der Waals surface area contributed by atoms with E-state index in [0.29, 0.717) is 0 Å². The first-order valence-electron chi connectivity index (χ1n) is 6.26. The van der Waals surface area contributed by atoms with Crippen molar-refractivity contribution in [1.29, 1.82) is 0 Å². The standard InChI is InChI=1S/C13H19N3/c1-2-10-3-13(7-14-4-10)16-8-11-5-15-6-12(11)9-16/h3-4,7,11-12,15H,2,5-6,8-9H2,1H3. The zero-order valence-electron chi connectivity index (χ0n) is 9.82. The monoisotopic (exact) mass is 217 g/mol. The van der Waals surface area contributed by atoms with Gasteiger partial charge in [0.1, 0.15) is 0 Å². The van der Waals surface area contributed by atoms with Crippen LogP contribution in [0.15, 0.2) is 18.5 Å². The highest BCUT2D eigenvalue weighted by Gasteiger charge is 2.36. The lowest BCUT2D eigenvalue weighted by Gasteiger charge is -2.19. The Hall–Kier alpha value is -1.09. The molecule has 0 saturated carbocycles. The Morgan fingerprint density at radius 1 is 1.31 bits per heavy atom. The van der Waals surface area contributed by atoms with Crippen LogP contribution in [0.3, 0.4) is 0 Å². The average Bonchev–Trinajstić information content (AvgIpc) is 2.89. The molecule has 1 N–H and O–H groups in total. The van der Waals surface area contributed by atoms with Gasteiger partial charge in [0.15, 0.2) is 0 Å². The quantitative estimate of drug-likeness (QED) is 0.809. The zero-order valence-corrected chi connectivity index (χ0v) is 9.82. The normalized spacial score (nSPS) is 28.4. The van der Waals surface area contributed by atoms with Gasteiger partial charge in [0.2, 0.25) is 0 Å². The van der Waals surface area contributed by atoms with Crippen LogP contribution in [-0.2, 0) is 6.42 Å². The molecule has 2 atom stereocenters.